The molecule has 1 aliphatic carbocycles. The highest BCUT2D eigenvalue weighted by atomic mass is 35.5. The van der Waals surface area contributed by atoms with E-state index in [9.17, 15) is 23.1 Å². The second-order valence-corrected chi connectivity index (χ2v) is 14.4. The molecule has 2 atom stereocenters. The van der Waals surface area contributed by atoms with Crippen LogP contribution in [0.1, 0.15) is 70.3 Å². The summed E-state index contributed by atoms with van der Waals surface area (Å²) < 4.78 is 31.2. The Morgan fingerprint density at radius 3 is 2.18 bits per heavy atom. The van der Waals surface area contributed by atoms with Gasteiger partial charge in [0, 0.05) is 31.9 Å². The molecule has 0 unspecified atom stereocenters. The molecule has 0 bridgehead atoms. The Morgan fingerprint density at radius 1 is 1.00 bits per heavy atom. The zero-order chi connectivity index (χ0) is 31.3. The summed E-state index contributed by atoms with van der Waals surface area (Å²) in [5.41, 5.74) is 0.720. The number of aliphatic hydroxyl groups is 1. The topological polar surface area (TPSA) is 128 Å². The number of anilines is 1. The zero-order valence-corrected chi connectivity index (χ0v) is 27.9. The molecular weight excluding hydrogens is 616 g/mol. The maximum absolute atomic E-state index is 13.8. The number of piperazine rings is 1. The molecule has 248 valence electrons. The number of piperidine rings is 1. The minimum absolute atomic E-state index is 0. The highest BCUT2D eigenvalue weighted by molar-refractivity contribution is 7.92. The average molecular weight is 663 g/mol. The first kappa shape index (κ1) is 35.0. The van der Waals surface area contributed by atoms with E-state index in [2.05, 4.69) is 21.9 Å². The summed E-state index contributed by atoms with van der Waals surface area (Å²) in [7, 11) is -3.34. The van der Waals surface area contributed by atoms with Crippen molar-refractivity contribution in [3.8, 4) is 11.5 Å². The van der Waals surface area contributed by atoms with E-state index >= 15 is 0 Å². The number of likely N-dealkylation sites (tertiary alicyclic amines) is 1. The van der Waals surface area contributed by atoms with Gasteiger partial charge in [0.2, 0.25) is 21.8 Å². The highest BCUT2D eigenvalue weighted by Gasteiger charge is 2.55. The number of nitrogens with one attached hydrogen (secondary N) is 2. The standard InChI is InChI=1S/C33H46N4O6S.ClH/c1-3-4-20-37-31(39)29(30(38)25-8-6-5-7-9-25)34-32(40)33(37)18-21-36(22-19-33)23-24-10-14-27(15-11-24)43-28-16-12-26(13-17-28)35-44(2,41)42;/h10-17,25,29-30,35,38H,3-9,18-23H2,1-2H3,(H,34,40);1H/t29-,30-;/m0./s1. The number of benzene rings is 2. The van der Waals surface area contributed by atoms with Gasteiger partial charge in [-0.15, -0.1) is 12.4 Å². The lowest BCUT2D eigenvalue weighted by Gasteiger charge is -2.52. The van der Waals surface area contributed by atoms with Crippen molar-refractivity contribution in [3.05, 3.63) is 54.1 Å². The van der Waals surface area contributed by atoms with Crippen molar-refractivity contribution in [1.82, 2.24) is 15.1 Å². The summed E-state index contributed by atoms with van der Waals surface area (Å²) in [6.07, 6.45) is 8.24. The Kier molecular flexibility index (Phi) is 11.8. The molecule has 3 fully saturated rings. The summed E-state index contributed by atoms with van der Waals surface area (Å²) in [5.74, 6) is 1.09. The van der Waals surface area contributed by atoms with E-state index in [0.717, 1.165) is 63.3 Å². The van der Waals surface area contributed by atoms with Crippen molar-refractivity contribution >= 4 is 39.9 Å². The van der Waals surface area contributed by atoms with Gasteiger partial charge < -0.3 is 20.1 Å². The minimum atomic E-state index is -3.34. The van der Waals surface area contributed by atoms with Crippen LogP contribution in [0.4, 0.5) is 5.69 Å². The summed E-state index contributed by atoms with van der Waals surface area (Å²) >= 11 is 0. The molecule has 5 rings (SSSR count). The van der Waals surface area contributed by atoms with Crippen molar-refractivity contribution in [2.45, 2.75) is 88.9 Å². The molecule has 45 heavy (non-hydrogen) atoms. The van der Waals surface area contributed by atoms with Crippen LogP contribution in [0.25, 0.3) is 0 Å². The molecular formula is C33H47ClN4O6S. The number of unbranched alkanes of at least 4 members (excludes halogenated alkanes) is 1. The Morgan fingerprint density at radius 2 is 1.60 bits per heavy atom. The number of halogens is 1. The number of carbonyl (C=O) groups is 2. The van der Waals surface area contributed by atoms with Crippen LogP contribution in [0.2, 0.25) is 0 Å². The third kappa shape index (κ3) is 8.49. The molecule has 0 radical (unpaired) electrons. The number of ether oxygens (including phenoxy) is 1. The van der Waals surface area contributed by atoms with Gasteiger partial charge in [-0.2, -0.15) is 0 Å². The summed E-state index contributed by atoms with van der Waals surface area (Å²) in [6, 6.07) is 13.7. The first-order valence-corrected chi connectivity index (χ1v) is 17.8. The first-order valence-electron chi connectivity index (χ1n) is 16.0. The second-order valence-electron chi connectivity index (χ2n) is 12.6. The molecule has 2 amide bonds. The molecule has 10 nitrogen and oxygen atoms in total. The van der Waals surface area contributed by atoms with E-state index in [0.29, 0.717) is 49.7 Å². The third-order valence-corrected chi connectivity index (χ3v) is 9.98. The lowest BCUT2D eigenvalue weighted by Crippen LogP contribution is -2.75. The van der Waals surface area contributed by atoms with E-state index < -0.39 is 27.7 Å². The molecule has 2 aromatic rings. The van der Waals surface area contributed by atoms with Crippen LogP contribution in [0.15, 0.2) is 48.5 Å². The van der Waals surface area contributed by atoms with E-state index in [1.165, 1.54) is 0 Å². The van der Waals surface area contributed by atoms with E-state index in [-0.39, 0.29) is 30.1 Å². The van der Waals surface area contributed by atoms with Crippen LogP contribution in [0.5, 0.6) is 11.5 Å². The largest absolute Gasteiger partial charge is 0.457 e. The first-order chi connectivity index (χ1) is 21.1. The van der Waals surface area contributed by atoms with Gasteiger partial charge in [0.25, 0.3) is 0 Å². The molecule has 2 saturated heterocycles. The molecule has 2 aromatic carbocycles. The Bertz CT molecular complexity index is 1390. The van der Waals surface area contributed by atoms with Crippen molar-refractivity contribution in [2.75, 3.05) is 30.6 Å². The van der Waals surface area contributed by atoms with Crippen LogP contribution >= 0.6 is 12.4 Å². The van der Waals surface area contributed by atoms with Gasteiger partial charge in [-0.05, 0) is 80.0 Å². The fraction of sp³-hybridized carbons (Fsp3) is 0.576. The molecule has 2 heterocycles. The van der Waals surface area contributed by atoms with Gasteiger partial charge >= 0.3 is 0 Å². The van der Waals surface area contributed by atoms with Gasteiger partial charge in [0.1, 0.15) is 23.1 Å². The van der Waals surface area contributed by atoms with Gasteiger partial charge in [0.15, 0.2) is 0 Å². The Hall–Kier alpha value is -2.86. The monoisotopic (exact) mass is 662 g/mol. The number of aliphatic hydroxyl groups excluding tert-OH is 1. The number of sulfonamides is 1. The van der Waals surface area contributed by atoms with Crippen LogP contribution in [-0.4, -0.2) is 78.7 Å². The molecule has 3 aliphatic rings. The number of carbonyl (C=O) groups excluding carboxylic acids is 2. The smallest absolute Gasteiger partial charge is 0.248 e. The second kappa shape index (κ2) is 15.2. The normalized spacial score (nSPS) is 21.6. The number of amides is 2. The highest BCUT2D eigenvalue weighted by Crippen LogP contribution is 2.36. The van der Waals surface area contributed by atoms with Crippen molar-refractivity contribution < 1.29 is 27.9 Å². The van der Waals surface area contributed by atoms with Crippen LogP contribution in [0, 0.1) is 5.92 Å². The van der Waals surface area contributed by atoms with Gasteiger partial charge in [-0.25, -0.2) is 8.42 Å². The van der Waals surface area contributed by atoms with Crippen molar-refractivity contribution in [2.24, 2.45) is 5.92 Å². The van der Waals surface area contributed by atoms with Crippen LogP contribution < -0.4 is 14.8 Å². The average Bonchev–Trinajstić information content (AvgIpc) is 3.01. The van der Waals surface area contributed by atoms with Gasteiger partial charge in [-0.1, -0.05) is 44.7 Å². The minimum Gasteiger partial charge on any atom is -0.457 e. The van der Waals surface area contributed by atoms with E-state index in [1.807, 2.05) is 29.2 Å². The Balaban J connectivity index is 0.00000461. The maximum Gasteiger partial charge on any atom is 0.248 e. The molecule has 1 spiro atoms. The van der Waals surface area contributed by atoms with E-state index in [1.54, 1.807) is 24.3 Å². The zero-order valence-electron chi connectivity index (χ0n) is 26.2. The summed E-state index contributed by atoms with van der Waals surface area (Å²) in [4.78, 5) is 31.7. The molecule has 3 N–H and O–H groups in total. The fourth-order valence-corrected chi connectivity index (χ4v) is 7.46. The summed E-state index contributed by atoms with van der Waals surface area (Å²) in [5, 5.41) is 14.2. The molecule has 1 saturated carbocycles. The van der Waals surface area contributed by atoms with Crippen molar-refractivity contribution in [1.29, 1.82) is 0 Å². The molecule has 2 aliphatic heterocycles. The van der Waals surface area contributed by atoms with Gasteiger partial charge in [0.05, 0.1) is 12.4 Å². The van der Waals surface area contributed by atoms with Crippen molar-refractivity contribution in [3.63, 3.8) is 0 Å². The molecule has 12 heteroatoms. The Labute approximate surface area is 273 Å². The van der Waals surface area contributed by atoms with E-state index in [4.69, 9.17) is 4.74 Å². The quantitative estimate of drug-likeness (QED) is 0.319. The van der Waals surface area contributed by atoms with Crippen LogP contribution in [0.3, 0.4) is 0 Å². The number of hydrogen-bond acceptors (Lipinski definition) is 7. The number of hydrogen-bond donors (Lipinski definition) is 3. The lowest BCUT2D eigenvalue weighted by molar-refractivity contribution is -0.166. The third-order valence-electron chi connectivity index (χ3n) is 9.37. The van der Waals surface area contributed by atoms with Crippen LogP contribution in [-0.2, 0) is 26.2 Å². The lowest BCUT2D eigenvalue weighted by atomic mass is 9.78. The number of nitrogens with zero attached hydrogens (tertiary/aromatic N) is 2. The van der Waals surface area contributed by atoms with Gasteiger partial charge in [-0.3, -0.25) is 19.2 Å². The maximum atomic E-state index is 13.8. The predicted octanol–water partition coefficient (Wildman–Crippen LogP) is 4.68. The molecule has 0 aromatic heterocycles. The SMILES string of the molecule is CCCCN1C(=O)[C@H]([C@@H](O)C2CCCCC2)NC(=O)C12CCN(Cc1ccc(Oc3ccc(NS(C)(=O)=O)cc3)cc1)CC2.Cl. The predicted molar refractivity (Wildman–Crippen MR) is 177 cm³/mol. The summed E-state index contributed by atoms with van der Waals surface area (Å²) in [6.45, 7) is 4.71. The fourth-order valence-electron chi connectivity index (χ4n) is 6.90. The number of rotatable bonds is 11.